The number of alkyl halides is 1. The number of aromatic nitrogens is 2. The molecule has 2 heterocycles. The van der Waals surface area contributed by atoms with Crippen molar-refractivity contribution in [3.05, 3.63) is 59.7 Å². The molecule has 0 atom stereocenters. The van der Waals surface area contributed by atoms with Crippen molar-refractivity contribution in [3.63, 3.8) is 0 Å². The van der Waals surface area contributed by atoms with Gasteiger partial charge >= 0.3 is 0 Å². The molecule has 5 heteroatoms. The van der Waals surface area contributed by atoms with E-state index in [-0.39, 0.29) is 0 Å². The fourth-order valence-electron chi connectivity index (χ4n) is 2.36. The highest BCUT2D eigenvalue weighted by molar-refractivity contribution is 7.15. The first kappa shape index (κ1) is 12.7. The number of benzene rings is 2. The Morgan fingerprint density at radius 2 is 2.00 bits per heavy atom. The van der Waals surface area contributed by atoms with Gasteiger partial charge in [-0.15, -0.1) is 22.9 Å². The number of rotatable bonds is 3. The Labute approximate surface area is 130 Å². The Morgan fingerprint density at radius 3 is 2.86 bits per heavy atom. The molecule has 0 amide bonds. The monoisotopic (exact) mass is 314 g/mol. The van der Waals surface area contributed by atoms with Crippen LogP contribution in [-0.4, -0.2) is 9.38 Å². The number of hydrogen-bond donors (Lipinski definition) is 0. The second-order valence-electron chi connectivity index (χ2n) is 4.66. The fourth-order valence-corrected chi connectivity index (χ4v) is 3.33. The van der Waals surface area contributed by atoms with E-state index in [1.165, 1.54) is 5.39 Å². The third-order valence-electron chi connectivity index (χ3n) is 3.39. The SMILES string of the molecule is ClCc1c(Oc2ccc3ccccc3c2)nc2sccn12. The van der Waals surface area contributed by atoms with E-state index in [4.69, 9.17) is 16.3 Å². The highest BCUT2D eigenvalue weighted by atomic mass is 35.5. The molecule has 0 radical (unpaired) electrons. The number of thiazole rings is 1. The van der Waals surface area contributed by atoms with Crippen molar-refractivity contribution in [1.82, 2.24) is 9.38 Å². The van der Waals surface area contributed by atoms with E-state index in [2.05, 4.69) is 17.1 Å². The first-order valence-corrected chi connectivity index (χ1v) is 7.93. The van der Waals surface area contributed by atoms with Crippen molar-refractivity contribution in [2.24, 2.45) is 0 Å². The Balaban J connectivity index is 1.76. The summed E-state index contributed by atoms with van der Waals surface area (Å²) in [6, 6.07) is 14.2. The van der Waals surface area contributed by atoms with E-state index in [0.717, 1.165) is 21.8 Å². The Kier molecular flexibility index (Phi) is 3.05. The molecule has 0 bridgehead atoms. The van der Waals surface area contributed by atoms with E-state index in [1.54, 1.807) is 11.3 Å². The first-order valence-electron chi connectivity index (χ1n) is 6.52. The van der Waals surface area contributed by atoms with Crippen LogP contribution in [0, 0.1) is 0 Å². The molecule has 0 unspecified atom stereocenters. The van der Waals surface area contributed by atoms with Crippen LogP contribution < -0.4 is 4.74 Å². The van der Waals surface area contributed by atoms with E-state index >= 15 is 0 Å². The van der Waals surface area contributed by atoms with Gasteiger partial charge in [-0.1, -0.05) is 30.3 Å². The predicted octanol–water partition coefficient (Wildman–Crippen LogP) is 5.08. The van der Waals surface area contributed by atoms with Crippen LogP contribution in [0.15, 0.2) is 54.0 Å². The average Bonchev–Trinajstić information content (AvgIpc) is 3.07. The van der Waals surface area contributed by atoms with Gasteiger partial charge in [0.15, 0.2) is 4.96 Å². The predicted molar refractivity (Wildman–Crippen MR) is 86.6 cm³/mol. The molecule has 21 heavy (non-hydrogen) atoms. The summed E-state index contributed by atoms with van der Waals surface area (Å²) >= 11 is 7.60. The number of fused-ring (bicyclic) bond motifs is 2. The van der Waals surface area contributed by atoms with Gasteiger partial charge in [-0.25, -0.2) is 0 Å². The lowest BCUT2D eigenvalue weighted by Gasteiger charge is -2.05. The number of hydrogen-bond acceptors (Lipinski definition) is 3. The third-order valence-corrected chi connectivity index (χ3v) is 4.40. The summed E-state index contributed by atoms with van der Waals surface area (Å²) in [5.41, 5.74) is 0.876. The second kappa shape index (κ2) is 5.06. The van der Waals surface area contributed by atoms with Crippen molar-refractivity contribution < 1.29 is 4.74 Å². The summed E-state index contributed by atoms with van der Waals surface area (Å²) in [5.74, 6) is 1.71. The van der Waals surface area contributed by atoms with Crippen molar-refractivity contribution in [3.8, 4) is 11.6 Å². The molecule has 4 rings (SSSR count). The van der Waals surface area contributed by atoms with E-state index in [9.17, 15) is 0 Å². The minimum atomic E-state index is 0.362. The number of imidazole rings is 1. The lowest BCUT2D eigenvalue weighted by atomic mass is 10.1. The Hall–Kier alpha value is -2.04. The zero-order valence-corrected chi connectivity index (χ0v) is 12.6. The van der Waals surface area contributed by atoms with Crippen LogP contribution in [0.2, 0.25) is 0 Å². The lowest BCUT2D eigenvalue weighted by molar-refractivity contribution is 0.462. The van der Waals surface area contributed by atoms with Gasteiger partial charge in [-0.2, -0.15) is 4.98 Å². The van der Waals surface area contributed by atoms with Gasteiger partial charge < -0.3 is 4.74 Å². The maximum atomic E-state index is 6.03. The summed E-state index contributed by atoms with van der Waals surface area (Å²) in [6.07, 6.45) is 1.96. The molecule has 0 fully saturated rings. The summed E-state index contributed by atoms with van der Waals surface area (Å²) in [4.78, 5) is 5.38. The van der Waals surface area contributed by atoms with E-state index in [1.807, 2.05) is 46.3 Å². The minimum Gasteiger partial charge on any atom is -0.437 e. The fraction of sp³-hybridized carbons (Fsp3) is 0.0625. The molecule has 0 aliphatic carbocycles. The van der Waals surface area contributed by atoms with Gasteiger partial charge in [0.2, 0.25) is 5.88 Å². The molecule has 4 aromatic rings. The van der Waals surface area contributed by atoms with Crippen LogP contribution in [0.5, 0.6) is 11.6 Å². The van der Waals surface area contributed by atoms with Gasteiger partial charge in [-0.3, -0.25) is 4.40 Å². The summed E-state index contributed by atoms with van der Waals surface area (Å²) < 4.78 is 7.91. The molecule has 0 saturated carbocycles. The van der Waals surface area contributed by atoms with Crippen LogP contribution in [-0.2, 0) is 5.88 Å². The molecular weight excluding hydrogens is 304 g/mol. The maximum Gasteiger partial charge on any atom is 0.243 e. The summed E-state index contributed by atoms with van der Waals surface area (Å²) in [7, 11) is 0. The maximum absolute atomic E-state index is 6.03. The highest BCUT2D eigenvalue weighted by Crippen LogP contribution is 2.30. The van der Waals surface area contributed by atoms with Crippen LogP contribution in [0.25, 0.3) is 15.7 Å². The zero-order chi connectivity index (χ0) is 14.2. The van der Waals surface area contributed by atoms with Gasteiger partial charge in [0.25, 0.3) is 0 Å². The first-order chi connectivity index (χ1) is 10.3. The van der Waals surface area contributed by atoms with E-state index in [0.29, 0.717) is 11.8 Å². The smallest absolute Gasteiger partial charge is 0.243 e. The second-order valence-corrected chi connectivity index (χ2v) is 5.80. The number of nitrogens with zero attached hydrogens (tertiary/aromatic N) is 2. The molecule has 0 aliphatic rings. The molecule has 3 nitrogen and oxygen atoms in total. The van der Waals surface area contributed by atoms with Crippen molar-refractivity contribution in [1.29, 1.82) is 0 Å². The average molecular weight is 315 g/mol. The molecule has 0 N–H and O–H groups in total. The number of halogens is 1. The standard InChI is InChI=1S/C16H11ClN2OS/c17-10-14-15(18-16-19(14)7-8-21-16)20-13-6-5-11-3-1-2-4-12(11)9-13/h1-9H,10H2. The lowest BCUT2D eigenvalue weighted by Crippen LogP contribution is -1.91. The van der Waals surface area contributed by atoms with Crippen molar-refractivity contribution in [2.45, 2.75) is 5.88 Å². The van der Waals surface area contributed by atoms with Crippen LogP contribution in [0.3, 0.4) is 0 Å². The Bertz CT molecular complexity index is 928. The normalized spacial score (nSPS) is 11.3. The number of ether oxygens (including phenoxy) is 1. The topological polar surface area (TPSA) is 26.5 Å². The van der Waals surface area contributed by atoms with Crippen LogP contribution in [0.4, 0.5) is 0 Å². The summed E-state index contributed by atoms with van der Waals surface area (Å²) in [5, 5.41) is 4.31. The van der Waals surface area contributed by atoms with Crippen LogP contribution >= 0.6 is 22.9 Å². The quantitative estimate of drug-likeness (QED) is 0.493. The van der Waals surface area contributed by atoms with Crippen LogP contribution in [0.1, 0.15) is 5.69 Å². The van der Waals surface area contributed by atoms with E-state index < -0.39 is 0 Å². The van der Waals surface area contributed by atoms with Gasteiger partial charge in [0, 0.05) is 11.6 Å². The van der Waals surface area contributed by atoms with Gasteiger partial charge in [0.1, 0.15) is 11.4 Å². The van der Waals surface area contributed by atoms with Crippen molar-refractivity contribution >= 4 is 38.7 Å². The van der Waals surface area contributed by atoms with Gasteiger partial charge in [-0.05, 0) is 22.9 Å². The zero-order valence-electron chi connectivity index (χ0n) is 11.0. The van der Waals surface area contributed by atoms with Gasteiger partial charge in [0.05, 0.1) is 5.88 Å². The van der Waals surface area contributed by atoms with Crippen molar-refractivity contribution in [2.75, 3.05) is 0 Å². The minimum absolute atomic E-state index is 0.362. The Morgan fingerprint density at radius 1 is 1.14 bits per heavy atom. The summed E-state index contributed by atoms with van der Waals surface area (Å²) in [6.45, 7) is 0. The third kappa shape index (κ3) is 2.17. The molecule has 0 spiro atoms. The molecule has 0 saturated heterocycles. The molecule has 104 valence electrons. The molecular formula is C16H11ClN2OS. The molecule has 2 aromatic heterocycles. The molecule has 2 aromatic carbocycles. The molecule has 0 aliphatic heterocycles. The largest absolute Gasteiger partial charge is 0.437 e. The highest BCUT2D eigenvalue weighted by Gasteiger charge is 2.14.